The van der Waals surface area contributed by atoms with Crippen molar-refractivity contribution in [3.8, 4) is 5.75 Å². The van der Waals surface area contributed by atoms with Crippen LogP contribution in [0.15, 0.2) is 47.5 Å². The van der Waals surface area contributed by atoms with Crippen LogP contribution in [0.3, 0.4) is 0 Å². The normalized spacial score (nSPS) is 11.1. The first-order valence-corrected chi connectivity index (χ1v) is 8.68. The molecule has 0 aliphatic carbocycles. The molecule has 2 aromatic rings. The molecule has 2 rings (SSSR count). The highest BCUT2D eigenvalue weighted by atomic mass is 19.1. The summed E-state index contributed by atoms with van der Waals surface area (Å²) >= 11 is 0. The number of halogens is 2. The molecule has 0 heterocycles. The lowest BCUT2D eigenvalue weighted by molar-refractivity contribution is -0.127. The zero-order chi connectivity index (χ0) is 20.5. The molecule has 2 N–H and O–H groups in total. The lowest BCUT2D eigenvalue weighted by atomic mass is 10.2. The summed E-state index contributed by atoms with van der Waals surface area (Å²) in [5, 5.41) is 5.83. The average molecular weight is 390 g/mol. The Kier molecular flexibility index (Phi) is 7.74. The van der Waals surface area contributed by atoms with Gasteiger partial charge in [-0.15, -0.1) is 0 Å². The first kappa shape index (κ1) is 21.1. The number of aliphatic imine (C=N–C) groups is 1. The van der Waals surface area contributed by atoms with Crippen LogP contribution in [-0.4, -0.2) is 44.5 Å². The predicted octanol–water partition coefficient (Wildman–Crippen LogP) is 2.30. The third-order valence-corrected chi connectivity index (χ3v) is 3.94. The van der Waals surface area contributed by atoms with Gasteiger partial charge in [0.25, 0.3) is 0 Å². The molecular weight excluding hydrogens is 366 g/mol. The van der Waals surface area contributed by atoms with Gasteiger partial charge in [0.1, 0.15) is 17.4 Å². The fourth-order valence-corrected chi connectivity index (χ4v) is 2.25. The Morgan fingerprint density at radius 1 is 1.11 bits per heavy atom. The van der Waals surface area contributed by atoms with Crippen LogP contribution in [-0.2, 0) is 17.9 Å². The van der Waals surface area contributed by atoms with Gasteiger partial charge in [-0.25, -0.2) is 13.8 Å². The number of nitrogens with zero attached hydrogens (tertiary/aromatic N) is 2. The molecule has 0 spiro atoms. The maximum absolute atomic E-state index is 13.8. The van der Waals surface area contributed by atoms with Gasteiger partial charge in [0.15, 0.2) is 5.96 Å². The lowest BCUT2D eigenvalue weighted by Crippen LogP contribution is -2.42. The highest BCUT2D eigenvalue weighted by Gasteiger charge is 2.08. The van der Waals surface area contributed by atoms with Crippen molar-refractivity contribution in [2.45, 2.75) is 13.1 Å². The molecule has 0 saturated carbocycles. The SMILES string of the molecule is COc1ccc(CN=C(NCC(=O)N(C)C)NCc2cc(F)ccc2F)cc1. The van der Waals surface area contributed by atoms with Gasteiger partial charge in [-0.2, -0.15) is 0 Å². The molecule has 0 aliphatic rings. The first-order chi connectivity index (χ1) is 13.4. The van der Waals surface area contributed by atoms with Gasteiger partial charge in [0, 0.05) is 26.2 Å². The Morgan fingerprint density at radius 3 is 2.46 bits per heavy atom. The minimum atomic E-state index is -0.523. The smallest absolute Gasteiger partial charge is 0.241 e. The molecule has 0 saturated heterocycles. The van der Waals surface area contributed by atoms with Crippen molar-refractivity contribution < 1.29 is 18.3 Å². The summed E-state index contributed by atoms with van der Waals surface area (Å²) < 4.78 is 32.3. The molecule has 1 amide bonds. The van der Waals surface area contributed by atoms with Crippen LogP contribution in [0.5, 0.6) is 5.75 Å². The van der Waals surface area contributed by atoms with E-state index in [1.165, 1.54) is 4.90 Å². The number of likely N-dealkylation sites (N-methyl/N-ethyl adjacent to an activating group) is 1. The predicted molar refractivity (Wildman–Crippen MR) is 104 cm³/mol. The van der Waals surface area contributed by atoms with E-state index in [1.54, 1.807) is 21.2 Å². The number of amides is 1. The third kappa shape index (κ3) is 6.53. The molecule has 150 valence electrons. The molecule has 0 fully saturated rings. The van der Waals surface area contributed by atoms with Crippen LogP contribution in [0.4, 0.5) is 8.78 Å². The molecule has 0 atom stereocenters. The fourth-order valence-electron chi connectivity index (χ4n) is 2.25. The number of nitrogens with one attached hydrogen (secondary N) is 2. The van der Waals surface area contributed by atoms with Crippen molar-refractivity contribution in [2.75, 3.05) is 27.7 Å². The monoisotopic (exact) mass is 390 g/mol. The Labute approximate surface area is 163 Å². The summed E-state index contributed by atoms with van der Waals surface area (Å²) in [7, 11) is 4.88. The highest BCUT2D eigenvalue weighted by Crippen LogP contribution is 2.12. The van der Waals surface area contributed by atoms with Crippen molar-refractivity contribution in [1.29, 1.82) is 0 Å². The number of hydrogen-bond donors (Lipinski definition) is 2. The molecule has 2 aromatic carbocycles. The minimum absolute atomic E-state index is 0.0209. The second kappa shape index (κ2) is 10.2. The quantitative estimate of drug-likeness (QED) is 0.562. The maximum atomic E-state index is 13.8. The van der Waals surface area contributed by atoms with E-state index in [4.69, 9.17) is 4.74 Å². The fraction of sp³-hybridized carbons (Fsp3) is 0.300. The number of guanidine groups is 1. The molecule has 0 radical (unpaired) electrons. The molecule has 0 aliphatic heterocycles. The molecular formula is C20H24F2N4O2. The largest absolute Gasteiger partial charge is 0.497 e. The van der Waals surface area contributed by atoms with Crippen LogP contribution >= 0.6 is 0 Å². The second-order valence-corrected chi connectivity index (χ2v) is 6.24. The van der Waals surface area contributed by atoms with E-state index in [-0.39, 0.29) is 24.6 Å². The van der Waals surface area contributed by atoms with Gasteiger partial charge >= 0.3 is 0 Å². The second-order valence-electron chi connectivity index (χ2n) is 6.24. The van der Waals surface area contributed by atoms with Gasteiger partial charge in [0.2, 0.25) is 5.91 Å². The van der Waals surface area contributed by atoms with E-state index in [9.17, 15) is 13.6 Å². The number of carbonyl (C=O) groups excluding carboxylic acids is 1. The standard InChI is InChI=1S/C20H24F2N4O2/c1-26(2)19(27)13-25-20(23-11-14-4-7-17(28-3)8-5-14)24-12-15-10-16(21)6-9-18(15)22/h4-10H,11-13H2,1-3H3,(H2,23,24,25). The van der Waals surface area contributed by atoms with Gasteiger partial charge in [0.05, 0.1) is 20.2 Å². The summed E-state index contributed by atoms with van der Waals surface area (Å²) in [4.78, 5) is 17.7. The number of rotatable bonds is 7. The van der Waals surface area contributed by atoms with E-state index < -0.39 is 11.6 Å². The van der Waals surface area contributed by atoms with Crippen molar-refractivity contribution in [3.63, 3.8) is 0 Å². The molecule has 0 aromatic heterocycles. The molecule has 6 nitrogen and oxygen atoms in total. The lowest BCUT2D eigenvalue weighted by Gasteiger charge is -2.15. The van der Waals surface area contributed by atoms with Crippen LogP contribution < -0.4 is 15.4 Å². The Balaban J connectivity index is 2.08. The maximum Gasteiger partial charge on any atom is 0.241 e. The van der Waals surface area contributed by atoms with Crippen molar-refractivity contribution >= 4 is 11.9 Å². The number of benzene rings is 2. The van der Waals surface area contributed by atoms with Crippen molar-refractivity contribution in [3.05, 3.63) is 65.2 Å². The van der Waals surface area contributed by atoms with Gasteiger partial charge < -0.3 is 20.3 Å². The van der Waals surface area contributed by atoms with Crippen LogP contribution in [0.25, 0.3) is 0 Å². The average Bonchev–Trinajstić information content (AvgIpc) is 2.69. The minimum Gasteiger partial charge on any atom is -0.497 e. The van der Waals surface area contributed by atoms with Crippen molar-refractivity contribution in [1.82, 2.24) is 15.5 Å². The first-order valence-electron chi connectivity index (χ1n) is 8.68. The highest BCUT2D eigenvalue weighted by molar-refractivity contribution is 5.86. The van der Waals surface area contributed by atoms with E-state index >= 15 is 0 Å². The van der Waals surface area contributed by atoms with Crippen LogP contribution in [0, 0.1) is 11.6 Å². The van der Waals surface area contributed by atoms with E-state index in [2.05, 4.69) is 15.6 Å². The summed E-state index contributed by atoms with van der Waals surface area (Å²) in [5.41, 5.74) is 1.09. The molecule has 8 heteroatoms. The zero-order valence-electron chi connectivity index (χ0n) is 16.1. The molecule has 0 bridgehead atoms. The van der Waals surface area contributed by atoms with E-state index in [1.807, 2.05) is 24.3 Å². The summed E-state index contributed by atoms with van der Waals surface area (Å²) in [6, 6.07) is 10.6. The topological polar surface area (TPSA) is 66.0 Å². The van der Waals surface area contributed by atoms with Gasteiger partial charge in [-0.1, -0.05) is 12.1 Å². The molecule has 0 unspecified atom stereocenters. The Morgan fingerprint density at radius 2 is 1.82 bits per heavy atom. The van der Waals surface area contributed by atoms with Crippen molar-refractivity contribution in [2.24, 2.45) is 4.99 Å². The summed E-state index contributed by atoms with van der Waals surface area (Å²) in [6.45, 7) is 0.377. The number of carbonyl (C=O) groups is 1. The Hall–Kier alpha value is -3.16. The Bertz CT molecular complexity index is 823. The summed E-state index contributed by atoms with van der Waals surface area (Å²) in [6.07, 6.45) is 0. The van der Waals surface area contributed by atoms with E-state index in [0.29, 0.717) is 12.5 Å². The van der Waals surface area contributed by atoms with Gasteiger partial charge in [-0.05, 0) is 35.9 Å². The number of ether oxygens (including phenoxy) is 1. The number of methoxy groups -OCH3 is 1. The zero-order valence-corrected chi connectivity index (χ0v) is 16.1. The third-order valence-electron chi connectivity index (χ3n) is 3.94. The van der Waals surface area contributed by atoms with E-state index in [0.717, 1.165) is 29.5 Å². The summed E-state index contributed by atoms with van der Waals surface area (Å²) in [5.74, 6) is -0.133. The van der Waals surface area contributed by atoms with Crippen LogP contribution in [0.2, 0.25) is 0 Å². The van der Waals surface area contributed by atoms with Crippen LogP contribution in [0.1, 0.15) is 11.1 Å². The number of hydrogen-bond acceptors (Lipinski definition) is 3. The molecule has 28 heavy (non-hydrogen) atoms. The van der Waals surface area contributed by atoms with Gasteiger partial charge in [-0.3, -0.25) is 4.79 Å².